The van der Waals surface area contributed by atoms with Gasteiger partial charge in [-0.25, -0.2) is 0 Å². The molecule has 1 aromatic carbocycles. The number of nitrogens with two attached hydrogens (primary N) is 1. The Morgan fingerprint density at radius 2 is 2.00 bits per heavy atom. The number of oxime groups is 1. The van der Waals surface area contributed by atoms with E-state index >= 15 is 0 Å². The van der Waals surface area contributed by atoms with Crippen molar-refractivity contribution in [1.82, 2.24) is 0 Å². The highest BCUT2D eigenvalue weighted by Crippen LogP contribution is 2.29. The van der Waals surface area contributed by atoms with Crippen LogP contribution in [-0.2, 0) is 0 Å². The van der Waals surface area contributed by atoms with Crippen LogP contribution in [0.5, 0.6) is 5.75 Å². The normalized spacial score (nSPS) is 24.2. The molecule has 2 rings (SSSR count). The van der Waals surface area contributed by atoms with Gasteiger partial charge in [0.2, 0.25) is 0 Å². The third-order valence-electron chi connectivity index (χ3n) is 3.85. The van der Waals surface area contributed by atoms with Crippen LogP contribution in [0.4, 0.5) is 0 Å². The van der Waals surface area contributed by atoms with Crippen molar-refractivity contribution in [3.63, 3.8) is 0 Å². The van der Waals surface area contributed by atoms with Crippen LogP contribution in [0.2, 0.25) is 0 Å². The average Bonchev–Trinajstić information content (AvgIpc) is 2.43. The van der Waals surface area contributed by atoms with Gasteiger partial charge in [-0.2, -0.15) is 0 Å². The molecule has 4 heteroatoms. The lowest BCUT2D eigenvalue weighted by Gasteiger charge is -2.27. The van der Waals surface area contributed by atoms with Gasteiger partial charge in [-0.1, -0.05) is 24.2 Å². The molecule has 0 heterocycles. The van der Waals surface area contributed by atoms with Gasteiger partial charge in [-0.15, -0.1) is 0 Å². The predicted octanol–water partition coefficient (Wildman–Crippen LogP) is 3.05. The molecule has 1 fully saturated rings. The minimum absolute atomic E-state index is 0.113. The highest BCUT2D eigenvalue weighted by Gasteiger charge is 2.20. The lowest BCUT2D eigenvalue weighted by atomic mass is 9.89. The van der Waals surface area contributed by atoms with Crippen LogP contribution in [-0.4, -0.2) is 17.1 Å². The first-order chi connectivity index (χ1) is 9.10. The zero-order valence-electron chi connectivity index (χ0n) is 11.6. The van der Waals surface area contributed by atoms with Crippen LogP contribution in [0.15, 0.2) is 23.4 Å². The van der Waals surface area contributed by atoms with Crippen molar-refractivity contribution in [1.29, 1.82) is 0 Å². The summed E-state index contributed by atoms with van der Waals surface area (Å²) in [4.78, 5) is 0. The minimum atomic E-state index is 0.113. The summed E-state index contributed by atoms with van der Waals surface area (Å²) in [5, 5.41) is 11.7. The van der Waals surface area contributed by atoms with E-state index in [1.807, 2.05) is 25.1 Å². The molecule has 0 aliphatic heterocycles. The van der Waals surface area contributed by atoms with Crippen LogP contribution >= 0.6 is 0 Å². The molecular formula is C15H22N2O2. The first kappa shape index (κ1) is 13.7. The van der Waals surface area contributed by atoms with E-state index < -0.39 is 0 Å². The van der Waals surface area contributed by atoms with Gasteiger partial charge in [-0.3, -0.25) is 0 Å². The van der Waals surface area contributed by atoms with Crippen molar-refractivity contribution in [2.24, 2.45) is 16.8 Å². The zero-order chi connectivity index (χ0) is 13.8. The molecule has 0 unspecified atom stereocenters. The molecule has 19 heavy (non-hydrogen) atoms. The molecule has 0 amide bonds. The molecule has 0 atom stereocenters. The second kappa shape index (κ2) is 5.95. The minimum Gasteiger partial charge on any atom is -0.490 e. The molecule has 1 aliphatic rings. The summed E-state index contributed by atoms with van der Waals surface area (Å²) >= 11 is 0. The van der Waals surface area contributed by atoms with E-state index in [1.165, 1.54) is 12.8 Å². The largest absolute Gasteiger partial charge is 0.490 e. The van der Waals surface area contributed by atoms with E-state index in [0.29, 0.717) is 5.56 Å². The van der Waals surface area contributed by atoms with Gasteiger partial charge < -0.3 is 15.7 Å². The first-order valence-corrected chi connectivity index (χ1v) is 6.85. The summed E-state index contributed by atoms with van der Waals surface area (Å²) in [6, 6.07) is 5.62. The van der Waals surface area contributed by atoms with Crippen molar-refractivity contribution in [2.75, 3.05) is 0 Å². The molecule has 1 aliphatic carbocycles. The fourth-order valence-electron chi connectivity index (χ4n) is 2.47. The summed E-state index contributed by atoms with van der Waals surface area (Å²) < 4.78 is 6.08. The van der Waals surface area contributed by atoms with Crippen LogP contribution in [0.3, 0.4) is 0 Å². The third-order valence-corrected chi connectivity index (χ3v) is 3.85. The summed E-state index contributed by atoms with van der Waals surface area (Å²) in [6.45, 7) is 4.30. The SMILES string of the molecule is Cc1ccc(/C(N)=N/O)cc1OC1CCC(C)CC1. The summed E-state index contributed by atoms with van der Waals surface area (Å²) in [6.07, 6.45) is 4.95. The lowest BCUT2D eigenvalue weighted by molar-refractivity contribution is 0.134. The molecule has 1 aromatic rings. The topological polar surface area (TPSA) is 67.8 Å². The molecule has 0 spiro atoms. The van der Waals surface area contributed by atoms with Gasteiger partial charge in [0, 0.05) is 5.56 Å². The number of amidine groups is 1. The van der Waals surface area contributed by atoms with Crippen molar-refractivity contribution in [3.05, 3.63) is 29.3 Å². The predicted molar refractivity (Wildman–Crippen MR) is 75.7 cm³/mol. The van der Waals surface area contributed by atoms with Gasteiger partial charge in [-0.05, 0) is 50.2 Å². The smallest absolute Gasteiger partial charge is 0.170 e. The van der Waals surface area contributed by atoms with Crippen molar-refractivity contribution < 1.29 is 9.94 Å². The number of nitrogens with zero attached hydrogens (tertiary/aromatic N) is 1. The average molecular weight is 262 g/mol. The summed E-state index contributed by atoms with van der Waals surface area (Å²) in [7, 11) is 0. The number of aryl methyl sites for hydroxylation is 1. The number of benzene rings is 1. The monoisotopic (exact) mass is 262 g/mol. The van der Waals surface area contributed by atoms with Gasteiger partial charge >= 0.3 is 0 Å². The summed E-state index contributed by atoms with van der Waals surface area (Å²) in [5.41, 5.74) is 7.37. The number of ether oxygens (including phenoxy) is 1. The lowest BCUT2D eigenvalue weighted by Crippen LogP contribution is -2.23. The van der Waals surface area contributed by atoms with E-state index in [2.05, 4.69) is 12.1 Å². The Hall–Kier alpha value is -1.71. The van der Waals surface area contributed by atoms with E-state index in [1.54, 1.807) is 0 Å². The quantitative estimate of drug-likeness (QED) is 0.381. The molecule has 1 saturated carbocycles. The van der Waals surface area contributed by atoms with Gasteiger partial charge in [0.1, 0.15) is 5.75 Å². The van der Waals surface area contributed by atoms with Crippen LogP contribution < -0.4 is 10.5 Å². The van der Waals surface area contributed by atoms with Crippen molar-refractivity contribution in [3.8, 4) is 5.75 Å². The second-order valence-electron chi connectivity index (χ2n) is 5.47. The Balaban J connectivity index is 2.11. The molecule has 4 nitrogen and oxygen atoms in total. The Morgan fingerprint density at radius 1 is 1.32 bits per heavy atom. The first-order valence-electron chi connectivity index (χ1n) is 6.85. The van der Waals surface area contributed by atoms with Crippen LogP contribution in [0.1, 0.15) is 43.7 Å². The molecule has 0 saturated heterocycles. The summed E-state index contributed by atoms with van der Waals surface area (Å²) in [5.74, 6) is 1.76. The van der Waals surface area contributed by atoms with Crippen molar-refractivity contribution in [2.45, 2.75) is 45.6 Å². The highest BCUT2D eigenvalue weighted by molar-refractivity contribution is 5.97. The fourth-order valence-corrected chi connectivity index (χ4v) is 2.47. The molecule has 104 valence electrons. The highest BCUT2D eigenvalue weighted by atomic mass is 16.5. The third kappa shape index (κ3) is 3.40. The number of hydrogen-bond acceptors (Lipinski definition) is 3. The second-order valence-corrected chi connectivity index (χ2v) is 5.47. The maximum Gasteiger partial charge on any atom is 0.170 e. The van der Waals surface area contributed by atoms with Gasteiger partial charge in [0.05, 0.1) is 6.10 Å². The Morgan fingerprint density at radius 3 is 2.63 bits per heavy atom. The number of hydrogen-bond donors (Lipinski definition) is 2. The van der Waals surface area contributed by atoms with E-state index in [9.17, 15) is 0 Å². The molecule has 3 N–H and O–H groups in total. The van der Waals surface area contributed by atoms with Crippen LogP contribution in [0, 0.1) is 12.8 Å². The standard InChI is InChI=1S/C15H22N2O2/c1-10-3-7-13(8-4-10)19-14-9-12(15(16)17-18)6-5-11(14)2/h5-6,9-10,13,18H,3-4,7-8H2,1-2H3,(H2,16,17). The van der Waals surface area contributed by atoms with E-state index in [4.69, 9.17) is 15.7 Å². The fraction of sp³-hybridized carbons (Fsp3) is 0.533. The van der Waals surface area contributed by atoms with Gasteiger partial charge in [0.25, 0.3) is 0 Å². The van der Waals surface area contributed by atoms with E-state index in [-0.39, 0.29) is 11.9 Å². The van der Waals surface area contributed by atoms with Gasteiger partial charge in [0.15, 0.2) is 5.84 Å². The number of rotatable bonds is 3. The Bertz CT molecular complexity index is 463. The molecule has 0 aromatic heterocycles. The maximum absolute atomic E-state index is 8.72. The van der Waals surface area contributed by atoms with Crippen molar-refractivity contribution >= 4 is 5.84 Å². The van der Waals surface area contributed by atoms with Crippen LogP contribution in [0.25, 0.3) is 0 Å². The Kier molecular flexibility index (Phi) is 4.30. The Labute approximate surface area is 114 Å². The zero-order valence-corrected chi connectivity index (χ0v) is 11.6. The molecule has 0 bridgehead atoms. The molecule has 0 radical (unpaired) electrons. The molecular weight excluding hydrogens is 240 g/mol. The van der Waals surface area contributed by atoms with E-state index in [0.717, 1.165) is 30.1 Å². The maximum atomic E-state index is 8.72.